The number of nitrogens with zero attached hydrogens (tertiary/aromatic N) is 1. The number of β-amino-alcohol motifs (C(OH)–C–C–N with tert-alkyl or cyclic N) is 1. The molecule has 20 heavy (non-hydrogen) atoms. The molecule has 1 heterocycles. The number of rotatable bonds is 5. The minimum absolute atomic E-state index is 0.0923. The van der Waals surface area contributed by atoms with Crippen LogP contribution in [0.2, 0.25) is 0 Å². The van der Waals surface area contributed by atoms with E-state index in [-0.39, 0.29) is 17.9 Å². The lowest BCUT2D eigenvalue weighted by Crippen LogP contribution is -2.38. The van der Waals surface area contributed by atoms with Gasteiger partial charge in [0.15, 0.2) is 0 Å². The lowest BCUT2D eigenvalue weighted by atomic mass is 10.1. The van der Waals surface area contributed by atoms with E-state index in [0.717, 1.165) is 0 Å². The van der Waals surface area contributed by atoms with Gasteiger partial charge in [-0.15, -0.1) is 0 Å². The van der Waals surface area contributed by atoms with E-state index < -0.39 is 18.8 Å². The quantitative estimate of drug-likeness (QED) is 0.780. The number of hydrogen-bond donors (Lipinski definition) is 3. The second kappa shape index (κ2) is 6.41. The third-order valence-electron chi connectivity index (χ3n) is 2.41. The van der Waals surface area contributed by atoms with Gasteiger partial charge < -0.3 is 15.7 Å². The summed E-state index contributed by atoms with van der Waals surface area (Å²) in [4.78, 5) is 3.98. The second-order valence-corrected chi connectivity index (χ2v) is 5.56. The first kappa shape index (κ1) is 16.7. The van der Waals surface area contributed by atoms with Crippen LogP contribution in [0.3, 0.4) is 0 Å². The van der Waals surface area contributed by atoms with Gasteiger partial charge in [0.25, 0.3) is 0 Å². The highest BCUT2D eigenvalue weighted by atomic mass is 19.4. The second-order valence-electron chi connectivity index (χ2n) is 5.56. The average Bonchev–Trinajstić information content (AvgIpc) is 2.32. The highest BCUT2D eigenvalue weighted by molar-refractivity contribution is 5.36. The molecular formula is C13H20F3N3O. The van der Waals surface area contributed by atoms with Gasteiger partial charge >= 0.3 is 6.18 Å². The highest BCUT2D eigenvalue weighted by Crippen LogP contribution is 2.17. The number of anilines is 1. The number of alkyl halides is 3. The zero-order valence-corrected chi connectivity index (χ0v) is 11.8. The molecule has 0 aromatic carbocycles. The molecule has 0 bridgehead atoms. The summed E-state index contributed by atoms with van der Waals surface area (Å²) in [5.41, 5.74) is 0.168. The van der Waals surface area contributed by atoms with Gasteiger partial charge in [-0.25, -0.2) is 4.98 Å². The van der Waals surface area contributed by atoms with Gasteiger partial charge in [0.2, 0.25) is 0 Å². The van der Waals surface area contributed by atoms with E-state index in [0.29, 0.717) is 5.69 Å². The number of aliphatic hydroxyl groups is 1. The molecule has 0 aliphatic heterocycles. The van der Waals surface area contributed by atoms with Crippen LogP contribution in [0.25, 0.3) is 0 Å². The van der Waals surface area contributed by atoms with Crippen molar-refractivity contribution in [2.45, 2.75) is 38.6 Å². The van der Waals surface area contributed by atoms with Crippen LogP contribution < -0.4 is 10.6 Å². The summed E-state index contributed by atoms with van der Waals surface area (Å²) in [6.07, 6.45) is -5.17. The Kier molecular flexibility index (Phi) is 5.35. The van der Waals surface area contributed by atoms with Crippen molar-refractivity contribution in [2.24, 2.45) is 0 Å². The molecule has 4 nitrogen and oxygen atoms in total. The Morgan fingerprint density at radius 2 is 1.90 bits per heavy atom. The summed E-state index contributed by atoms with van der Waals surface area (Å²) < 4.78 is 36.3. The zero-order valence-electron chi connectivity index (χ0n) is 11.8. The minimum atomic E-state index is -4.30. The van der Waals surface area contributed by atoms with Gasteiger partial charge in [-0.05, 0) is 32.9 Å². The van der Waals surface area contributed by atoms with Gasteiger partial charge in [-0.2, -0.15) is 13.2 Å². The van der Waals surface area contributed by atoms with Gasteiger partial charge in [0.1, 0.15) is 18.5 Å². The fourth-order valence-electron chi connectivity index (χ4n) is 1.43. The molecule has 1 aromatic heterocycles. The third kappa shape index (κ3) is 6.72. The van der Waals surface area contributed by atoms with E-state index >= 15 is 0 Å². The van der Waals surface area contributed by atoms with Gasteiger partial charge in [0.05, 0.1) is 5.69 Å². The number of aliphatic hydroxyl groups excluding tert-OH is 1. The van der Waals surface area contributed by atoms with E-state index in [1.165, 1.54) is 6.07 Å². The summed E-state index contributed by atoms with van der Waals surface area (Å²) in [5.74, 6) is 0.0923. The van der Waals surface area contributed by atoms with E-state index in [4.69, 9.17) is 0 Å². The Labute approximate surface area is 116 Å². The maximum atomic E-state index is 12.1. The molecule has 0 unspecified atom stereocenters. The van der Waals surface area contributed by atoms with Gasteiger partial charge in [-0.3, -0.25) is 0 Å². The maximum Gasteiger partial charge on any atom is 0.405 e. The number of nitrogens with one attached hydrogen (secondary N) is 2. The van der Waals surface area contributed by atoms with Gasteiger partial charge in [-0.1, -0.05) is 6.07 Å². The Morgan fingerprint density at radius 3 is 2.45 bits per heavy atom. The molecule has 114 valence electrons. The van der Waals surface area contributed by atoms with Crippen molar-refractivity contribution in [3.8, 4) is 0 Å². The Morgan fingerprint density at radius 1 is 1.25 bits per heavy atom. The first-order valence-electron chi connectivity index (χ1n) is 6.27. The van der Waals surface area contributed by atoms with Crippen molar-refractivity contribution >= 4 is 5.82 Å². The maximum absolute atomic E-state index is 12.1. The Bertz CT molecular complexity index is 430. The lowest BCUT2D eigenvalue weighted by molar-refractivity contribution is -0.115. The highest BCUT2D eigenvalue weighted by Gasteiger charge is 2.26. The van der Waals surface area contributed by atoms with Crippen molar-refractivity contribution < 1.29 is 18.3 Å². The standard InChI is InChI=1S/C13H20F3N3O/c1-12(2,3)18-7-10(20)9-5-4-6-11(19-9)17-8-13(14,15)16/h4-6,10,18,20H,7-8H2,1-3H3,(H,17,19)/t10-/m0/s1. The molecule has 0 saturated heterocycles. The average molecular weight is 291 g/mol. The lowest BCUT2D eigenvalue weighted by Gasteiger charge is -2.22. The van der Waals surface area contributed by atoms with Crippen molar-refractivity contribution in [1.29, 1.82) is 0 Å². The van der Waals surface area contributed by atoms with Crippen LogP contribution in [-0.4, -0.2) is 34.9 Å². The summed E-state index contributed by atoms with van der Waals surface area (Å²) in [5, 5.41) is 15.3. The number of hydrogen-bond acceptors (Lipinski definition) is 4. The van der Waals surface area contributed by atoms with Crippen molar-refractivity contribution in [1.82, 2.24) is 10.3 Å². The normalized spacial score (nSPS) is 14.2. The summed E-state index contributed by atoms with van der Waals surface area (Å²) in [6, 6.07) is 4.56. The molecule has 0 spiro atoms. The predicted molar refractivity (Wildman–Crippen MR) is 71.5 cm³/mol. The van der Waals surface area contributed by atoms with Crippen LogP contribution in [0.1, 0.15) is 32.6 Å². The molecule has 0 amide bonds. The van der Waals surface area contributed by atoms with Crippen LogP contribution in [0.15, 0.2) is 18.2 Å². The molecule has 3 N–H and O–H groups in total. The molecule has 0 aliphatic rings. The number of aromatic nitrogens is 1. The van der Waals surface area contributed by atoms with Crippen molar-refractivity contribution in [3.63, 3.8) is 0 Å². The molecule has 1 aromatic rings. The Hall–Kier alpha value is -1.34. The molecule has 0 radical (unpaired) electrons. The third-order valence-corrected chi connectivity index (χ3v) is 2.41. The summed E-state index contributed by atoms with van der Waals surface area (Å²) in [6.45, 7) is 4.98. The zero-order chi connectivity index (χ0) is 15.4. The topological polar surface area (TPSA) is 57.2 Å². The van der Waals surface area contributed by atoms with Crippen LogP contribution in [0.4, 0.5) is 19.0 Å². The smallest absolute Gasteiger partial charge is 0.385 e. The molecule has 7 heteroatoms. The van der Waals surface area contributed by atoms with Crippen LogP contribution in [0.5, 0.6) is 0 Å². The molecular weight excluding hydrogens is 271 g/mol. The largest absolute Gasteiger partial charge is 0.405 e. The van der Waals surface area contributed by atoms with E-state index in [1.807, 2.05) is 20.8 Å². The Balaban J connectivity index is 2.63. The minimum Gasteiger partial charge on any atom is -0.385 e. The fourth-order valence-corrected chi connectivity index (χ4v) is 1.43. The number of pyridine rings is 1. The van der Waals surface area contributed by atoms with Crippen molar-refractivity contribution in [2.75, 3.05) is 18.4 Å². The summed E-state index contributed by atoms with van der Waals surface area (Å²) >= 11 is 0. The van der Waals surface area contributed by atoms with E-state index in [1.54, 1.807) is 12.1 Å². The van der Waals surface area contributed by atoms with Crippen LogP contribution in [-0.2, 0) is 0 Å². The first-order chi connectivity index (χ1) is 9.07. The molecule has 0 fully saturated rings. The van der Waals surface area contributed by atoms with Crippen LogP contribution in [0, 0.1) is 0 Å². The van der Waals surface area contributed by atoms with E-state index in [2.05, 4.69) is 15.6 Å². The molecule has 0 saturated carbocycles. The SMILES string of the molecule is CC(C)(C)NC[C@H](O)c1cccc(NCC(F)(F)F)n1. The molecule has 1 atom stereocenters. The van der Waals surface area contributed by atoms with Crippen LogP contribution >= 0.6 is 0 Å². The molecule has 0 aliphatic carbocycles. The fraction of sp³-hybridized carbons (Fsp3) is 0.615. The van der Waals surface area contributed by atoms with Crippen molar-refractivity contribution in [3.05, 3.63) is 23.9 Å². The van der Waals surface area contributed by atoms with Gasteiger partial charge in [0, 0.05) is 12.1 Å². The first-order valence-corrected chi connectivity index (χ1v) is 6.27. The summed E-state index contributed by atoms with van der Waals surface area (Å²) in [7, 11) is 0. The monoisotopic (exact) mass is 291 g/mol. The van der Waals surface area contributed by atoms with E-state index in [9.17, 15) is 18.3 Å². The predicted octanol–water partition coefficient (Wildman–Crippen LogP) is 2.48. The molecule has 1 rings (SSSR count). The number of halogens is 3.